The molecule has 146 valence electrons. The van der Waals surface area contributed by atoms with Crippen molar-refractivity contribution in [3.63, 3.8) is 0 Å². The zero-order valence-corrected chi connectivity index (χ0v) is 15.5. The molecule has 1 aromatic heterocycles. The predicted molar refractivity (Wildman–Crippen MR) is 97.7 cm³/mol. The highest BCUT2D eigenvalue weighted by Gasteiger charge is 2.36. The molecule has 2 amide bonds. The van der Waals surface area contributed by atoms with E-state index in [2.05, 4.69) is 5.43 Å². The topological polar surface area (TPSA) is 86.7 Å². The van der Waals surface area contributed by atoms with Crippen molar-refractivity contribution in [3.05, 3.63) is 52.4 Å². The summed E-state index contributed by atoms with van der Waals surface area (Å²) in [6.07, 6.45) is -3.29. The lowest BCUT2D eigenvalue weighted by Gasteiger charge is -2.16. The van der Waals surface area contributed by atoms with Crippen LogP contribution in [-0.2, 0) is 20.6 Å². The van der Waals surface area contributed by atoms with Gasteiger partial charge in [-0.1, -0.05) is 6.07 Å². The highest BCUT2D eigenvalue weighted by molar-refractivity contribution is 8.01. The number of thiophene rings is 1. The molecule has 0 aliphatic carbocycles. The van der Waals surface area contributed by atoms with E-state index in [9.17, 15) is 27.6 Å². The lowest BCUT2D eigenvalue weighted by molar-refractivity contribution is -0.137. The molecule has 1 fully saturated rings. The van der Waals surface area contributed by atoms with Crippen molar-refractivity contribution < 1.29 is 32.7 Å². The number of carboxylic acid groups (broad SMARTS) is 1. The van der Waals surface area contributed by atoms with Crippen LogP contribution in [0.3, 0.4) is 0 Å². The van der Waals surface area contributed by atoms with Crippen molar-refractivity contribution in [1.82, 2.24) is 5.43 Å². The van der Waals surface area contributed by atoms with Crippen LogP contribution in [0.1, 0.15) is 11.1 Å². The Hall–Kier alpha value is -2.79. The van der Waals surface area contributed by atoms with E-state index in [4.69, 9.17) is 5.11 Å². The van der Waals surface area contributed by atoms with Crippen LogP contribution in [0.4, 0.5) is 18.9 Å². The molecule has 1 saturated heterocycles. The average Bonchev–Trinajstić information content (AvgIpc) is 3.18. The quantitative estimate of drug-likeness (QED) is 0.433. The number of hydrogen-bond acceptors (Lipinski definition) is 5. The van der Waals surface area contributed by atoms with Gasteiger partial charge in [-0.25, -0.2) is 5.01 Å². The van der Waals surface area contributed by atoms with E-state index >= 15 is 0 Å². The molecule has 3 rings (SSSR count). The van der Waals surface area contributed by atoms with Crippen LogP contribution >= 0.6 is 23.1 Å². The first kappa shape index (κ1) is 20.0. The number of amides is 2. The lowest BCUT2D eigenvalue weighted by atomic mass is 10.1. The number of nitrogens with zero attached hydrogens (tertiary/aromatic N) is 1. The molecule has 0 bridgehead atoms. The largest absolute Gasteiger partial charge is 0.481 e. The van der Waals surface area contributed by atoms with Gasteiger partial charge < -0.3 is 5.11 Å². The van der Waals surface area contributed by atoms with Crippen LogP contribution in [0.15, 0.2) is 45.5 Å². The smallest absolute Gasteiger partial charge is 0.416 e. The summed E-state index contributed by atoms with van der Waals surface area (Å²) in [6, 6.07) is 5.66. The van der Waals surface area contributed by atoms with Gasteiger partial charge >= 0.3 is 12.1 Å². The summed E-state index contributed by atoms with van der Waals surface area (Å²) in [5.74, 6) is -2.76. The predicted octanol–water partition coefficient (Wildman–Crippen LogP) is 3.41. The first-order chi connectivity index (χ1) is 13.2. The van der Waals surface area contributed by atoms with E-state index in [1.165, 1.54) is 23.5 Å². The number of halogens is 3. The SMILES string of the molecule is O=C(O)CSc1sccc1C=C1C(=O)NN(c2cccc(C(F)(F)F)c2)C1=O. The molecule has 0 unspecified atom stereocenters. The first-order valence-corrected chi connectivity index (χ1v) is 9.50. The van der Waals surface area contributed by atoms with Crippen molar-refractivity contribution in [2.45, 2.75) is 10.4 Å². The van der Waals surface area contributed by atoms with E-state index in [1.807, 2.05) is 0 Å². The molecule has 1 aromatic carbocycles. The standard InChI is InChI=1S/C17H11F3N2O4S2/c18-17(19,20)10-2-1-3-11(7-10)22-15(26)12(14(25)21-22)6-9-4-5-27-16(9)28-8-13(23)24/h1-7H,8H2,(H,21,25)(H,23,24). The maximum Gasteiger partial charge on any atom is 0.416 e. The Kier molecular flexibility index (Phi) is 5.47. The molecule has 2 heterocycles. The third-order valence-electron chi connectivity index (χ3n) is 3.61. The van der Waals surface area contributed by atoms with E-state index in [0.29, 0.717) is 9.77 Å². The molecule has 11 heteroatoms. The molecule has 1 aliphatic rings. The molecular weight excluding hydrogens is 417 g/mol. The Morgan fingerprint density at radius 1 is 1.29 bits per heavy atom. The Morgan fingerprint density at radius 2 is 2.04 bits per heavy atom. The monoisotopic (exact) mass is 428 g/mol. The lowest BCUT2D eigenvalue weighted by Crippen LogP contribution is -2.35. The summed E-state index contributed by atoms with van der Waals surface area (Å²) in [5.41, 5.74) is 1.40. The number of anilines is 1. The molecule has 0 atom stereocenters. The van der Waals surface area contributed by atoms with Gasteiger partial charge in [0.15, 0.2) is 0 Å². The van der Waals surface area contributed by atoms with Crippen LogP contribution in [0, 0.1) is 0 Å². The minimum absolute atomic E-state index is 0.123. The fraction of sp³-hybridized carbons (Fsp3) is 0.118. The maximum atomic E-state index is 12.9. The number of rotatable bonds is 5. The first-order valence-electron chi connectivity index (χ1n) is 7.63. The van der Waals surface area contributed by atoms with Gasteiger partial charge in [0.25, 0.3) is 11.8 Å². The van der Waals surface area contributed by atoms with Crippen molar-refractivity contribution in [1.29, 1.82) is 0 Å². The van der Waals surface area contributed by atoms with Crippen LogP contribution < -0.4 is 10.4 Å². The third kappa shape index (κ3) is 4.20. The minimum Gasteiger partial charge on any atom is -0.481 e. The maximum absolute atomic E-state index is 12.9. The van der Waals surface area contributed by atoms with Crippen LogP contribution in [0.2, 0.25) is 0 Å². The summed E-state index contributed by atoms with van der Waals surface area (Å²) < 4.78 is 39.3. The zero-order chi connectivity index (χ0) is 20.5. The number of alkyl halides is 3. The van der Waals surface area contributed by atoms with Gasteiger partial charge in [-0.05, 0) is 41.3 Å². The summed E-state index contributed by atoms with van der Waals surface area (Å²) in [5, 5.41) is 11.2. The van der Waals surface area contributed by atoms with Gasteiger partial charge in [0, 0.05) is 0 Å². The number of benzene rings is 1. The second-order valence-corrected chi connectivity index (χ2v) is 7.69. The summed E-state index contributed by atoms with van der Waals surface area (Å²) in [4.78, 5) is 35.5. The van der Waals surface area contributed by atoms with Crippen LogP contribution in [0.25, 0.3) is 6.08 Å². The number of carbonyl (C=O) groups is 3. The second-order valence-electron chi connectivity index (χ2n) is 5.53. The van der Waals surface area contributed by atoms with Crippen molar-refractivity contribution in [3.8, 4) is 0 Å². The van der Waals surface area contributed by atoms with Crippen LogP contribution in [0.5, 0.6) is 0 Å². The minimum atomic E-state index is -4.59. The van der Waals surface area contributed by atoms with Gasteiger partial charge in [0.1, 0.15) is 5.57 Å². The van der Waals surface area contributed by atoms with Gasteiger partial charge in [-0.15, -0.1) is 23.1 Å². The van der Waals surface area contributed by atoms with Gasteiger partial charge in [-0.3, -0.25) is 19.8 Å². The molecular formula is C17H11F3N2O4S2. The summed E-state index contributed by atoms with van der Waals surface area (Å²) in [7, 11) is 0. The van der Waals surface area contributed by atoms with Crippen LogP contribution in [-0.4, -0.2) is 28.6 Å². The Balaban J connectivity index is 1.88. The highest BCUT2D eigenvalue weighted by Crippen LogP contribution is 2.34. The number of hydrazine groups is 1. The Morgan fingerprint density at radius 3 is 2.71 bits per heavy atom. The molecule has 28 heavy (non-hydrogen) atoms. The van der Waals surface area contributed by atoms with E-state index in [0.717, 1.165) is 35.0 Å². The molecule has 2 aromatic rings. The number of aliphatic carboxylic acids is 1. The highest BCUT2D eigenvalue weighted by atomic mass is 32.2. The number of carbonyl (C=O) groups excluding carboxylic acids is 2. The van der Waals surface area contributed by atoms with E-state index in [1.54, 1.807) is 11.4 Å². The number of hydrogen-bond donors (Lipinski definition) is 2. The molecule has 2 N–H and O–H groups in total. The number of carboxylic acids is 1. The number of thioether (sulfide) groups is 1. The van der Waals surface area contributed by atoms with E-state index < -0.39 is 29.5 Å². The Labute approximate surface area is 164 Å². The average molecular weight is 428 g/mol. The second kappa shape index (κ2) is 7.68. The molecule has 0 saturated carbocycles. The van der Waals surface area contributed by atoms with E-state index in [-0.39, 0.29) is 17.0 Å². The Bertz CT molecular complexity index is 985. The van der Waals surface area contributed by atoms with Crippen molar-refractivity contribution in [2.75, 3.05) is 10.8 Å². The van der Waals surface area contributed by atoms with Gasteiger partial charge in [0.05, 0.1) is 21.2 Å². The van der Waals surface area contributed by atoms with Crippen molar-refractivity contribution >= 4 is 52.6 Å². The fourth-order valence-corrected chi connectivity index (χ4v) is 4.14. The van der Waals surface area contributed by atoms with Gasteiger partial charge in [0.2, 0.25) is 0 Å². The molecule has 1 aliphatic heterocycles. The third-order valence-corrected chi connectivity index (χ3v) is 5.86. The fourth-order valence-electron chi connectivity index (χ4n) is 2.37. The normalized spacial score (nSPS) is 16.0. The van der Waals surface area contributed by atoms with Gasteiger partial charge in [-0.2, -0.15) is 13.2 Å². The molecule has 0 spiro atoms. The molecule has 0 radical (unpaired) electrons. The number of nitrogens with one attached hydrogen (secondary N) is 1. The zero-order valence-electron chi connectivity index (χ0n) is 13.8. The van der Waals surface area contributed by atoms with Crippen molar-refractivity contribution in [2.24, 2.45) is 0 Å². The summed E-state index contributed by atoms with van der Waals surface area (Å²) in [6.45, 7) is 0. The summed E-state index contributed by atoms with van der Waals surface area (Å²) >= 11 is 2.29. The molecule has 6 nitrogen and oxygen atoms in total.